The highest BCUT2D eigenvalue weighted by Crippen LogP contribution is 2.13. The molecular formula is C14H19N3O3S. The van der Waals surface area contributed by atoms with Crippen LogP contribution in [-0.2, 0) is 9.84 Å². The Hall–Kier alpha value is -2.04. The maximum Gasteiger partial charge on any atom is 0.179 e. The van der Waals surface area contributed by atoms with Crippen molar-refractivity contribution in [2.45, 2.75) is 24.3 Å². The lowest BCUT2D eigenvalue weighted by atomic mass is 10.2. The summed E-state index contributed by atoms with van der Waals surface area (Å²) in [5.74, 6) is 2.32. The van der Waals surface area contributed by atoms with Crippen LogP contribution in [0.4, 0.5) is 0 Å². The highest BCUT2D eigenvalue weighted by atomic mass is 32.2. The molecule has 0 amide bonds. The van der Waals surface area contributed by atoms with Gasteiger partial charge in [-0.1, -0.05) is 17.3 Å². The molecule has 0 aliphatic heterocycles. The summed E-state index contributed by atoms with van der Waals surface area (Å²) >= 11 is 0. The summed E-state index contributed by atoms with van der Waals surface area (Å²) in [6, 6.07) is 6.05. The molecule has 0 saturated carbocycles. The molecule has 1 aromatic rings. The third-order valence-corrected chi connectivity index (χ3v) is 4.60. The number of nitrogens with one attached hydrogen (secondary N) is 1. The van der Waals surface area contributed by atoms with Crippen molar-refractivity contribution < 1.29 is 13.6 Å². The minimum absolute atomic E-state index is 0.0540. The largest absolute Gasteiger partial charge is 0.409 e. The van der Waals surface area contributed by atoms with Crippen LogP contribution in [0.15, 0.2) is 34.3 Å². The van der Waals surface area contributed by atoms with Gasteiger partial charge in [-0.25, -0.2) is 8.42 Å². The minimum atomic E-state index is -3.44. The van der Waals surface area contributed by atoms with Gasteiger partial charge in [0.15, 0.2) is 15.7 Å². The Labute approximate surface area is 125 Å². The van der Waals surface area contributed by atoms with Crippen LogP contribution in [-0.4, -0.2) is 37.8 Å². The minimum Gasteiger partial charge on any atom is -0.409 e. The maximum atomic E-state index is 12.2. The lowest BCUT2D eigenvalue weighted by Crippen LogP contribution is -2.30. The second kappa shape index (κ2) is 7.67. The van der Waals surface area contributed by atoms with E-state index in [-0.39, 0.29) is 22.5 Å². The Morgan fingerprint density at radius 3 is 2.90 bits per heavy atom. The number of hydrogen-bond donors (Lipinski definition) is 3. The van der Waals surface area contributed by atoms with Crippen molar-refractivity contribution in [2.24, 2.45) is 10.9 Å². The van der Waals surface area contributed by atoms with Gasteiger partial charge < -0.3 is 16.3 Å². The molecule has 21 heavy (non-hydrogen) atoms. The standard InChI is InChI=1S/C14H19N3O3S/c1-3-5-11(2)16-8-9-21(19,20)13-7-4-6-12(10-13)14(15)17-18/h1,4,6-7,10-11,16,18H,5,8-9H2,2H3,(H2,15,17). The number of terminal acetylenes is 1. The van der Waals surface area contributed by atoms with Crippen LogP contribution in [0.3, 0.4) is 0 Å². The molecule has 4 N–H and O–H groups in total. The summed E-state index contributed by atoms with van der Waals surface area (Å²) < 4.78 is 24.4. The number of benzene rings is 1. The molecule has 0 fully saturated rings. The molecule has 1 aromatic carbocycles. The van der Waals surface area contributed by atoms with Gasteiger partial charge in [-0.05, 0) is 19.1 Å². The average Bonchev–Trinajstić information content (AvgIpc) is 2.46. The summed E-state index contributed by atoms with van der Waals surface area (Å²) in [7, 11) is -3.44. The molecule has 1 rings (SSSR count). The molecule has 0 spiro atoms. The zero-order chi connectivity index (χ0) is 15.9. The smallest absolute Gasteiger partial charge is 0.179 e. The summed E-state index contributed by atoms with van der Waals surface area (Å²) in [4.78, 5) is 0.137. The quantitative estimate of drug-likeness (QED) is 0.224. The van der Waals surface area contributed by atoms with Gasteiger partial charge in [-0.2, -0.15) is 0 Å². The van der Waals surface area contributed by atoms with Crippen LogP contribution >= 0.6 is 0 Å². The zero-order valence-corrected chi connectivity index (χ0v) is 12.6. The molecule has 0 bridgehead atoms. The molecule has 7 heteroatoms. The number of rotatable bonds is 7. The van der Waals surface area contributed by atoms with E-state index in [4.69, 9.17) is 17.4 Å². The SMILES string of the molecule is C#CCC(C)NCCS(=O)(=O)c1cccc(/C(N)=N/O)c1. The first-order chi connectivity index (χ1) is 9.90. The Morgan fingerprint density at radius 2 is 2.29 bits per heavy atom. The first-order valence-corrected chi connectivity index (χ1v) is 8.03. The van der Waals surface area contributed by atoms with Gasteiger partial charge in [0.25, 0.3) is 0 Å². The Bertz CT molecular complexity index is 648. The average molecular weight is 309 g/mol. The summed E-state index contributed by atoms with van der Waals surface area (Å²) in [6.07, 6.45) is 5.73. The Kier molecular flexibility index (Phi) is 6.21. The second-order valence-electron chi connectivity index (χ2n) is 4.60. The molecule has 0 aliphatic carbocycles. The van der Waals surface area contributed by atoms with Crippen molar-refractivity contribution >= 4 is 15.7 Å². The number of nitrogens with zero attached hydrogens (tertiary/aromatic N) is 1. The van der Waals surface area contributed by atoms with E-state index >= 15 is 0 Å². The Morgan fingerprint density at radius 1 is 1.57 bits per heavy atom. The van der Waals surface area contributed by atoms with Crippen molar-refractivity contribution in [1.29, 1.82) is 0 Å². The van der Waals surface area contributed by atoms with Gasteiger partial charge in [0, 0.05) is 24.6 Å². The monoisotopic (exact) mass is 309 g/mol. The topological polar surface area (TPSA) is 105 Å². The molecule has 0 aliphatic rings. The first-order valence-electron chi connectivity index (χ1n) is 6.38. The number of nitrogens with two attached hydrogens (primary N) is 1. The molecule has 114 valence electrons. The summed E-state index contributed by atoms with van der Waals surface area (Å²) in [6.45, 7) is 2.20. The number of hydrogen-bond acceptors (Lipinski definition) is 5. The van der Waals surface area contributed by atoms with Crippen LogP contribution < -0.4 is 11.1 Å². The van der Waals surface area contributed by atoms with Crippen molar-refractivity contribution in [1.82, 2.24) is 5.32 Å². The van der Waals surface area contributed by atoms with Crippen LogP contribution in [0.5, 0.6) is 0 Å². The predicted octanol–water partition coefficient (Wildman–Crippen LogP) is 0.556. The van der Waals surface area contributed by atoms with Gasteiger partial charge in [-0.15, -0.1) is 12.3 Å². The highest BCUT2D eigenvalue weighted by Gasteiger charge is 2.15. The fourth-order valence-electron chi connectivity index (χ4n) is 1.71. The van der Waals surface area contributed by atoms with Gasteiger partial charge >= 0.3 is 0 Å². The summed E-state index contributed by atoms with van der Waals surface area (Å²) in [5.41, 5.74) is 5.81. The maximum absolute atomic E-state index is 12.2. The fourth-order valence-corrected chi connectivity index (χ4v) is 2.93. The van der Waals surface area contributed by atoms with Crippen LogP contribution in [0.1, 0.15) is 18.9 Å². The number of amidine groups is 1. The third-order valence-electron chi connectivity index (χ3n) is 2.88. The summed E-state index contributed by atoms with van der Waals surface area (Å²) in [5, 5.41) is 14.5. The molecule has 0 aromatic heterocycles. The molecule has 6 nitrogen and oxygen atoms in total. The van der Waals surface area contributed by atoms with Gasteiger partial charge in [0.1, 0.15) is 0 Å². The van der Waals surface area contributed by atoms with Gasteiger partial charge in [0.2, 0.25) is 0 Å². The molecule has 0 heterocycles. The van der Waals surface area contributed by atoms with E-state index in [0.717, 1.165) is 0 Å². The molecular weight excluding hydrogens is 290 g/mol. The van der Waals surface area contributed by atoms with Crippen molar-refractivity contribution in [3.05, 3.63) is 29.8 Å². The van der Waals surface area contributed by atoms with Crippen LogP contribution in [0.25, 0.3) is 0 Å². The lowest BCUT2D eigenvalue weighted by molar-refractivity contribution is 0.318. The normalized spacial score (nSPS) is 13.6. The molecule has 0 radical (unpaired) electrons. The molecule has 0 saturated heterocycles. The third kappa shape index (κ3) is 5.10. The van der Waals surface area contributed by atoms with E-state index in [1.165, 1.54) is 12.1 Å². The van der Waals surface area contributed by atoms with Crippen LogP contribution in [0.2, 0.25) is 0 Å². The first kappa shape index (κ1) is 17.0. The second-order valence-corrected chi connectivity index (χ2v) is 6.70. The van der Waals surface area contributed by atoms with Crippen molar-refractivity contribution in [3.8, 4) is 12.3 Å². The van der Waals surface area contributed by atoms with Gasteiger partial charge in [-0.3, -0.25) is 0 Å². The zero-order valence-electron chi connectivity index (χ0n) is 11.8. The van der Waals surface area contributed by atoms with Crippen molar-refractivity contribution in [3.63, 3.8) is 0 Å². The number of sulfone groups is 1. The van der Waals surface area contributed by atoms with E-state index in [1.807, 2.05) is 6.92 Å². The molecule has 1 atom stereocenters. The van der Waals surface area contributed by atoms with Gasteiger partial charge in [0.05, 0.1) is 10.6 Å². The molecule has 1 unspecified atom stereocenters. The lowest BCUT2D eigenvalue weighted by Gasteiger charge is -2.11. The van der Waals surface area contributed by atoms with Crippen molar-refractivity contribution in [2.75, 3.05) is 12.3 Å². The number of oxime groups is 1. The van der Waals surface area contributed by atoms with E-state index in [2.05, 4.69) is 16.4 Å². The highest BCUT2D eigenvalue weighted by molar-refractivity contribution is 7.91. The predicted molar refractivity (Wildman–Crippen MR) is 81.9 cm³/mol. The van der Waals surface area contributed by atoms with E-state index in [0.29, 0.717) is 18.5 Å². The van der Waals surface area contributed by atoms with E-state index in [9.17, 15) is 8.42 Å². The van der Waals surface area contributed by atoms with E-state index in [1.54, 1.807) is 12.1 Å². The van der Waals surface area contributed by atoms with Crippen LogP contribution in [0, 0.1) is 12.3 Å². The van der Waals surface area contributed by atoms with E-state index < -0.39 is 9.84 Å². The Balaban J connectivity index is 2.77. The fraction of sp³-hybridized carbons (Fsp3) is 0.357.